The van der Waals surface area contributed by atoms with Gasteiger partial charge >= 0.3 is 0 Å². The van der Waals surface area contributed by atoms with Gasteiger partial charge in [0.2, 0.25) is 0 Å². The summed E-state index contributed by atoms with van der Waals surface area (Å²) in [6.07, 6.45) is 3.37. The number of amides is 1. The smallest absolute Gasteiger partial charge is 0.263 e. The molecule has 0 spiro atoms. The molecule has 0 bridgehead atoms. The highest BCUT2D eigenvalue weighted by atomic mass is 32.1. The van der Waals surface area contributed by atoms with Crippen molar-refractivity contribution < 1.29 is 9.53 Å². The quantitative estimate of drug-likeness (QED) is 0.894. The van der Waals surface area contributed by atoms with E-state index in [0.717, 1.165) is 43.2 Å². The second-order valence-electron chi connectivity index (χ2n) is 4.39. The minimum atomic E-state index is 0.00160. The van der Waals surface area contributed by atoms with Crippen molar-refractivity contribution in [2.45, 2.75) is 26.2 Å². The van der Waals surface area contributed by atoms with Crippen molar-refractivity contribution in [2.24, 2.45) is 5.92 Å². The summed E-state index contributed by atoms with van der Waals surface area (Å²) in [7, 11) is 0. The van der Waals surface area contributed by atoms with E-state index in [1.54, 1.807) is 5.51 Å². The van der Waals surface area contributed by atoms with E-state index in [9.17, 15) is 4.79 Å². The van der Waals surface area contributed by atoms with Gasteiger partial charge in [0.1, 0.15) is 4.88 Å². The Morgan fingerprint density at radius 3 is 3.24 bits per heavy atom. The number of aromatic nitrogens is 1. The first-order valence-electron chi connectivity index (χ1n) is 6.03. The van der Waals surface area contributed by atoms with E-state index in [4.69, 9.17) is 4.74 Å². The average Bonchev–Trinajstić information content (AvgIpc) is 2.77. The van der Waals surface area contributed by atoms with E-state index in [1.807, 2.05) is 6.92 Å². The zero-order valence-electron chi connectivity index (χ0n) is 10.1. The molecule has 1 aliphatic heterocycles. The zero-order valence-corrected chi connectivity index (χ0v) is 10.9. The highest BCUT2D eigenvalue weighted by Gasteiger charge is 2.15. The summed E-state index contributed by atoms with van der Waals surface area (Å²) in [4.78, 5) is 16.6. The molecule has 4 nitrogen and oxygen atoms in total. The fraction of sp³-hybridized carbons (Fsp3) is 0.667. The lowest BCUT2D eigenvalue weighted by atomic mass is 9.99. The predicted octanol–water partition coefficient (Wildman–Crippen LogP) is 2.00. The van der Waals surface area contributed by atoms with E-state index in [0.29, 0.717) is 5.92 Å². The molecule has 0 saturated carbocycles. The maximum atomic E-state index is 11.8. The van der Waals surface area contributed by atoms with E-state index in [1.165, 1.54) is 17.8 Å². The Bertz CT molecular complexity index is 372. The third kappa shape index (κ3) is 3.51. The summed E-state index contributed by atoms with van der Waals surface area (Å²) in [5, 5.41) is 2.95. The number of nitrogens with one attached hydrogen (secondary N) is 1. The second-order valence-corrected chi connectivity index (χ2v) is 5.25. The Labute approximate surface area is 105 Å². The van der Waals surface area contributed by atoms with Gasteiger partial charge in [-0.3, -0.25) is 4.79 Å². The molecule has 0 radical (unpaired) electrons. The van der Waals surface area contributed by atoms with Crippen LogP contribution in [0.5, 0.6) is 0 Å². The molecule has 1 atom stereocenters. The third-order valence-corrected chi connectivity index (χ3v) is 3.97. The average molecular weight is 254 g/mol. The minimum Gasteiger partial charge on any atom is -0.381 e. The van der Waals surface area contributed by atoms with Crippen LogP contribution in [-0.2, 0) is 4.74 Å². The normalized spacial score (nSPS) is 20.2. The lowest BCUT2D eigenvalue weighted by molar-refractivity contribution is 0.0514. The molecule has 94 valence electrons. The molecule has 0 aromatic carbocycles. The van der Waals surface area contributed by atoms with E-state index >= 15 is 0 Å². The Balaban J connectivity index is 1.71. The molecule has 2 rings (SSSR count). The highest BCUT2D eigenvalue weighted by molar-refractivity contribution is 7.11. The van der Waals surface area contributed by atoms with Crippen molar-refractivity contribution in [3.8, 4) is 0 Å². The van der Waals surface area contributed by atoms with Crippen LogP contribution in [0.25, 0.3) is 0 Å². The molecule has 0 aliphatic carbocycles. The van der Waals surface area contributed by atoms with Crippen LogP contribution in [0.2, 0.25) is 0 Å². The summed E-state index contributed by atoms with van der Waals surface area (Å²) in [5.74, 6) is 0.605. The molecule has 1 N–H and O–H groups in total. The molecule has 1 aromatic heterocycles. The van der Waals surface area contributed by atoms with Gasteiger partial charge in [-0.2, -0.15) is 0 Å². The minimum absolute atomic E-state index is 0.00160. The van der Waals surface area contributed by atoms with Crippen molar-refractivity contribution in [1.29, 1.82) is 0 Å². The first kappa shape index (κ1) is 12.5. The number of carbonyl (C=O) groups is 1. The topological polar surface area (TPSA) is 51.2 Å². The Morgan fingerprint density at radius 2 is 2.59 bits per heavy atom. The van der Waals surface area contributed by atoms with Gasteiger partial charge in [0.05, 0.1) is 11.2 Å². The number of thiazole rings is 1. The van der Waals surface area contributed by atoms with Crippen molar-refractivity contribution in [3.63, 3.8) is 0 Å². The number of ether oxygens (including phenoxy) is 1. The summed E-state index contributed by atoms with van der Waals surface area (Å²) in [6.45, 7) is 4.32. The molecular weight excluding hydrogens is 236 g/mol. The summed E-state index contributed by atoms with van der Waals surface area (Å²) >= 11 is 1.40. The van der Waals surface area contributed by atoms with Crippen LogP contribution in [0.15, 0.2) is 5.51 Å². The molecule has 1 aromatic rings. The number of hydrogen-bond acceptors (Lipinski definition) is 4. The lowest BCUT2D eigenvalue weighted by Gasteiger charge is -2.21. The van der Waals surface area contributed by atoms with Crippen molar-refractivity contribution >= 4 is 17.2 Å². The Morgan fingerprint density at radius 1 is 1.71 bits per heavy atom. The monoisotopic (exact) mass is 254 g/mol. The van der Waals surface area contributed by atoms with Gasteiger partial charge in [0.25, 0.3) is 5.91 Å². The van der Waals surface area contributed by atoms with Crippen LogP contribution < -0.4 is 5.32 Å². The van der Waals surface area contributed by atoms with Crippen molar-refractivity contribution in [3.05, 3.63) is 16.1 Å². The van der Waals surface area contributed by atoms with Gasteiger partial charge in [0.15, 0.2) is 0 Å². The number of aryl methyl sites for hydroxylation is 1. The molecule has 1 saturated heterocycles. The first-order chi connectivity index (χ1) is 8.27. The Kier molecular flexibility index (Phi) is 4.50. The van der Waals surface area contributed by atoms with E-state index < -0.39 is 0 Å². The van der Waals surface area contributed by atoms with Gasteiger partial charge in [-0.1, -0.05) is 0 Å². The number of nitrogens with zero attached hydrogens (tertiary/aromatic N) is 1. The SMILES string of the molecule is Cc1ncsc1C(=O)NCC[C@@H]1CCCOC1. The van der Waals surface area contributed by atoms with Gasteiger partial charge in [0, 0.05) is 19.8 Å². The van der Waals surface area contributed by atoms with Crippen LogP contribution in [0, 0.1) is 12.8 Å². The maximum absolute atomic E-state index is 11.8. The molecule has 1 amide bonds. The maximum Gasteiger partial charge on any atom is 0.263 e. The molecule has 0 unspecified atom stereocenters. The lowest BCUT2D eigenvalue weighted by Crippen LogP contribution is -2.28. The van der Waals surface area contributed by atoms with E-state index in [2.05, 4.69) is 10.3 Å². The van der Waals surface area contributed by atoms with Crippen LogP contribution in [0.4, 0.5) is 0 Å². The first-order valence-corrected chi connectivity index (χ1v) is 6.91. The van der Waals surface area contributed by atoms with Crippen LogP contribution in [0.3, 0.4) is 0 Å². The molecule has 1 aliphatic rings. The van der Waals surface area contributed by atoms with Crippen molar-refractivity contribution in [2.75, 3.05) is 19.8 Å². The second kappa shape index (κ2) is 6.12. The summed E-state index contributed by atoms with van der Waals surface area (Å²) in [5.41, 5.74) is 2.52. The number of hydrogen-bond donors (Lipinski definition) is 1. The van der Waals surface area contributed by atoms with Crippen LogP contribution >= 0.6 is 11.3 Å². The largest absolute Gasteiger partial charge is 0.381 e. The fourth-order valence-corrected chi connectivity index (χ4v) is 2.74. The molecular formula is C12H18N2O2S. The molecule has 17 heavy (non-hydrogen) atoms. The summed E-state index contributed by atoms with van der Waals surface area (Å²) < 4.78 is 5.41. The van der Waals surface area contributed by atoms with E-state index in [-0.39, 0.29) is 5.91 Å². The number of carbonyl (C=O) groups excluding carboxylic acids is 1. The van der Waals surface area contributed by atoms with Gasteiger partial charge < -0.3 is 10.1 Å². The molecule has 1 fully saturated rings. The van der Waals surface area contributed by atoms with Crippen LogP contribution in [0.1, 0.15) is 34.6 Å². The van der Waals surface area contributed by atoms with Crippen LogP contribution in [-0.4, -0.2) is 30.6 Å². The zero-order chi connectivity index (χ0) is 12.1. The predicted molar refractivity (Wildman–Crippen MR) is 67.3 cm³/mol. The fourth-order valence-electron chi connectivity index (χ4n) is 2.03. The third-order valence-electron chi connectivity index (χ3n) is 3.04. The molecule has 2 heterocycles. The summed E-state index contributed by atoms with van der Waals surface area (Å²) in [6, 6.07) is 0. The van der Waals surface area contributed by atoms with Gasteiger partial charge in [-0.05, 0) is 32.1 Å². The standard InChI is InChI=1S/C12H18N2O2S/c1-9-11(17-8-14-9)12(15)13-5-4-10-3-2-6-16-7-10/h8,10H,2-7H2,1H3,(H,13,15)/t10-/m0/s1. The Hall–Kier alpha value is -0.940. The van der Waals surface area contributed by atoms with Gasteiger partial charge in [-0.25, -0.2) is 4.98 Å². The van der Waals surface area contributed by atoms with Gasteiger partial charge in [-0.15, -0.1) is 11.3 Å². The number of rotatable bonds is 4. The highest BCUT2D eigenvalue weighted by Crippen LogP contribution is 2.16. The molecule has 5 heteroatoms. The van der Waals surface area contributed by atoms with Crippen molar-refractivity contribution in [1.82, 2.24) is 10.3 Å².